The van der Waals surface area contributed by atoms with Gasteiger partial charge >= 0.3 is 12.2 Å². The summed E-state index contributed by atoms with van der Waals surface area (Å²) in [5.74, 6) is 0.707. The van der Waals surface area contributed by atoms with E-state index in [2.05, 4.69) is 5.32 Å². The number of nitro groups is 1. The number of carbonyl (C=O) groups excluding carboxylic acids is 2. The number of aromatic nitrogens is 2. The second kappa shape index (κ2) is 11.3. The van der Waals surface area contributed by atoms with Crippen molar-refractivity contribution in [3.63, 3.8) is 0 Å². The predicted octanol–water partition coefficient (Wildman–Crippen LogP) is 6.15. The first-order chi connectivity index (χ1) is 18.1. The fourth-order valence-corrected chi connectivity index (χ4v) is 4.27. The second-order valence-electron chi connectivity index (χ2n) is 10.1. The van der Waals surface area contributed by atoms with Gasteiger partial charge in [-0.15, -0.1) is 0 Å². The largest absolute Gasteiger partial charge is 0.514 e. The summed E-state index contributed by atoms with van der Waals surface area (Å²) in [5.41, 5.74) is 1.17. The Morgan fingerprint density at radius 3 is 2.47 bits per heavy atom. The van der Waals surface area contributed by atoms with Gasteiger partial charge in [0.15, 0.2) is 0 Å². The van der Waals surface area contributed by atoms with Crippen LogP contribution in [0.1, 0.15) is 57.2 Å². The molecule has 11 nitrogen and oxygen atoms in total. The molecule has 1 heterocycles. The van der Waals surface area contributed by atoms with E-state index in [1.54, 1.807) is 4.68 Å². The second-order valence-corrected chi connectivity index (χ2v) is 10.1. The van der Waals surface area contributed by atoms with Crippen LogP contribution < -0.4 is 10.1 Å². The zero-order chi connectivity index (χ0) is 27.3. The van der Waals surface area contributed by atoms with E-state index in [4.69, 9.17) is 19.3 Å². The monoisotopic (exact) mass is 522 g/mol. The highest BCUT2D eigenvalue weighted by atomic mass is 16.7. The standard InChI is InChI=1S/C27H30N4O7/c1-27(2,3)30-24(28-25(32)36-17-18-7-5-4-6-8-18)16-23(29-30)19-9-12-22(15-19)38-26(33)37-21-13-10-20(11-14-21)31(34)35/h4-8,10-11,13-14,16,19,22H,9,12,15,17H2,1-3H3,(H,28,32). The Morgan fingerprint density at radius 2 is 1.82 bits per heavy atom. The lowest BCUT2D eigenvalue weighted by Crippen LogP contribution is -2.27. The van der Waals surface area contributed by atoms with E-state index in [0.717, 1.165) is 17.7 Å². The lowest BCUT2D eigenvalue weighted by Gasteiger charge is -2.22. The molecule has 0 spiro atoms. The van der Waals surface area contributed by atoms with Gasteiger partial charge in [-0.1, -0.05) is 30.3 Å². The van der Waals surface area contributed by atoms with Gasteiger partial charge in [0.25, 0.3) is 5.69 Å². The van der Waals surface area contributed by atoms with Crippen molar-refractivity contribution in [1.82, 2.24) is 9.78 Å². The number of carbonyl (C=O) groups is 2. The number of non-ortho nitro benzene ring substituents is 1. The van der Waals surface area contributed by atoms with Crippen LogP contribution in [0.3, 0.4) is 0 Å². The first kappa shape index (κ1) is 26.6. The van der Waals surface area contributed by atoms with Crippen molar-refractivity contribution < 1.29 is 28.7 Å². The minimum absolute atomic E-state index is 0.0247. The molecular formula is C27H30N4O7. The maximum atomic E-state index is 12.5. The van der Waals surface area contributed by atoms with Gasteiger partial charge in [0.2, 0.25) is 0 Å². The van der Waals surface area contributed by atoms with E-state index in [9.17, 15) is 19.7 Å². The molecule has 1 aliphatic rings. The SMILES string of the molecule is CC(C)(C)n1nc(C2CCC(OC(=O)Oc3ccc([N+](=O)[O-])cc3)C2)cc1NC(=O)OCc1ccccc1. The first-order valence-electron chi connectivity index (χ1n) is 12.3. The molecule has 2 unspecified atom stereocenters. The molecule has 3 aromatic rings. The minimum atomic E-state index is -0.867. The maximum absolute atomic E-state index is 12.5. The molecule has 2 atom stereocenters. The normalized spacial score (nSPS) is 17.0. The number of nitrogens with one attached hydrogen (secondary N) is 1. The maximum Gasteiger partial charge on any atom is 0.514 e. The summed E-state index contributed by atoms with van der Waals surface area (Å²) in [5, 5.41) is 18.3. The minimum Gasteiger partial charge on any atom is -0.444 e. The molecule has 2 aromatic carbocycles. The van der Waals surface area contributed by atoms with Gasteiger partial charge in [-0.3, -0.25) is 15.4 Å². The molecule has 1 saturated carbocycles. The third-order valence-corrected chi connectivity index (χ3v) is 6.12. The Hall–Kier alpha value is -4.41. The summed E-state index contributed by atoms with van der Waals surface area (Å²) < 4.78 is 17.7. The van der Waals surface area contributed by atoms with Crippen molar-refractivity contribution in [2.75, 3.05) is 5.32 Å². The Bertz CT molecular complexity index is 1280. The Balaban J connectivity index is 1.35. The third-order valence-electron chi connectivity index (χ3n) is 6.12. The van der Waals surface area contributed by atoms with Crippen LogP contribution in [0, 0.1) is 10.1 Å². The summed E-state index contributed by atoms with van der Waals surface area (Å²) >= 11 is 0. The summed E-state index contributed by atoms with van der Waals surface area (Å²) in [6.45, 7) is 6.11. The highest BCUT2D eigenvalue weighted by molar-refractivity contribution is 5.83. The van der Waals surface area contributed by atoms with Gasteiger partial charge in [-0.25, -0.2) is 14.3 Å². The van der Waals surface area contributed by atoms with Crippen LogP contribution in [0.25, 0.3) is 0 Å². The zero-order valence-electron chi connectivity index (χ0n) is 21.5. The van der Waals surface area contributed by atoms with Crippen molar-refractivity contribution in [2.45, 2.75) is 64.2 Å². The van der Waals surface area contributed by atoms with Gasteiger partial charge in [-0.2, -0.15) is 5.10 Å². The summed E-state index contributed by atoms with van der Waals surface area (Å²) in [4.78, 5) is 35.0. The summed E-state index contributed by atoms with van der Waals surface area (Å²) in [6.07, 6.45) is 0.117. The number of rotatable bonds is 7. The quantitative estimate of drug-likeness (QED) is 0.169. The van der Waals surface area contributed by atoms with Crippen LogP contribution >= 0.6 is 0 Å². The van der Waals surface area contributed by atoms with Crippen molar-refractivity contribution >= 4 is 23.8 Å². The van der Waals surface area contributed by atoms with Gasteiger partial charge in [0.1, 0.15) is 24.3 Å². The Kier molecular flexibility index (Phi) is 7.94. The molecule has 4 rings (SSSR count). The van der Waals surface area contributed by atoms with Crippen molar-refractivity contribution in [2.24, 2.45) is 0 Å². The van der Waals surface area contributed by atoms with E-state index >= 15 is 0 Å². The molecule has 0 bridgehead atoms. The number of amides is 1. The molecule has 200 valence electrons. The van der Waals surface area contributed by atoms with Gasteiger partial charge in [-0.05, 0) is 57.7 Å². The van der Waals surface area contributed by atoms with Crippen molar-refractivity contribution in [1.29, 1.82) is 0 Å². The topological polar surface area (TPSA) is 135 Å². The number of hydrogen-bond acceptors (Lipinski definition) is 8. The van der Waals surface area contributed by atoms with Gasteiger partial charge in [0.05, 0.1) is 16.2 Å². The number of nitrogens with zero attached hydrogens (tertiary/aromatic N) is 3. The van der Waals surface area contributed by atoms with E-state index in [-0.39, 0.29) is 30.1 Å². The smallest absolute Gasteiger partial charge is 0.444 e. The van der Waals surface area contributed by atoms with Crippen LogP contribution in [-0.2, 0) is 21.6 Å². The molecule has 1 N–H and O–H groups in total. The predicted molar refractivity (Wildman–Crippen MR) is 138 cm³/mol. The molecule has 0 aliphatic heterocycles. The fraction of sp³-hybridized carbons (Fsp3) is 0.370. The van der Waals surface area contributed by atoms with Crippen LogP contribution in [0.15, 0.2) is 60.7 Å². The lowest BCUT2D eigenvalue weighted by molar-refractivity contribution is -0.384. The lowest BCUT2D eigenvalue weighted by atomic mass is 10.0. The average Bonchev–Trinajstić information content (AvgIpc) is 3.51. The van der Waals surface area contributed by atoms with Crippen LogP contribution in [0.5, 0.6) is 5.75 Å². The van der Waals surface area contributed by atoms with E-state index in [0.29, 0.717) is 18.7 Å². The molecule has 0 saturated heterocycles. The van der Waals surface area contributed by atoms with Crippen LogP contribution in [0.2, 0.25) is 0 Å². The molecule has 1 aliphatic carbocycles. The molecule has 0 radical (unpaired) electrons. The van der Waals surface area contributed by atoms with Crippen LogP contribution in [0.4, 0.5) is 21.1 Å². The Labute approximate surface area is 219 Å². The fourth-order valence-electron chi connectivity index (χ4n) is 4.27. The third kappa shape index (κ3) is 6.87. The van der Waals surface area contributed by atoms with Gasteiger partial charge in [0, 0.05) is 24.1 Å². The van der Waals surface area contributed by atoms with E-state index < -0.39 is 22.7 Å². The highest BCUT2D eigenvalue weighted by Gasteiger charge is 2.33. The Morgan fingerprint density at radius 1 is 1.11 bits per heavy atom. The summed E-state index contributed by atoms with van der Waals surface area (Å²) in [6, 6.07) is 16.4. The molecular weight excluding hydrogens is 492 g/mol. The van der Waals surface area contributed by atoms with Crippen molar-refractivity contribution in [3.8, 4) is 5.75 Å². The summed E-state index contributed by atoms with van der Waals surface area (Å²) in [7, 11) is 0. The number of hydrogen-bond donors (Lipinski definition) is 1. The van der Waals surface area contributed by atoms with E-state index in [1.165, 1.54) is 24.3 Å². The molecule has 1 amide bonds. The first-order valence-corrected chi connectivity index (χ1v) is 12.3. The molecule has 1 aromatic heterocycles. The molecule has 1 fully saturated rings. The number of nitro benzene ring substituents is 1. The molecule has 11 heteroatoms. The van der Waals surface area contributed by atoms with Crippen LogP contribution in [-0.4, -0.2) is 33.1 Å². The van der Waals surface area contributed by atoms with E-state index in [1.807, 2.05) is 57.2 Å². The number of ether oxygens (including phenoxy) is 3. The number of anilines is 1. The average molecular weight is 523 g/mol. The number of benzene rings is 2. The zero-order valence-corrected chi connectivity index (χ0v) is 21.5. The molecule has 38 heavy (non-hydrogen) atoms. The van der Waals surface area contributed by atoms with Crippen molar-refractivity contribution in [3.05, 3.63) is 82.0 Å². The van der Waals surface area contributed by atoms with Gasteiger partial charge < -0.3 is 14.2 Å². The highest BCUT2D eigenvalue weighted by Crippen LogP contribution is 2.37.